The number of nitrogens with zero attached hydrogens (tertiary/aromatic N) is 1. The fourth-order valence-corrected chi connectivity index (χ4v) is 1.30. The summed E-state index contributed by atoms with van der Waals surface area (Å²) in [6.07, 6.45) is 3.77. The van der Waals surface area contributed by atoms with Crippen LogP contribution in [0.15, 0.2) is 23.7 Å². The zero-order valence-electron chi connectivity index (χ0n) is 8.10. The van der Waals surface area contributed by atoms with Crippen molar-refractivity contribution >= 4 is 28.3 Å². The van der Waals surface area contributed by atoms with Crippen LogP contribution in [0.25, 0.3) is 0 Å². The minimum Gasteiger partial charge on any atom is -0.463 e. The van der Waals surface area contributed by atoms with Gasteiger partial charge < -0.3 is 4.74 Å². The number of amides is 1. The molecule has 1 aromatic heterocycles. The Labute approximate surface area is 90.8 Å². The van der Waals surface area contributed by atoms with E-state index in [0.29, 0.717) is 5.13 Å². The highest BCUT2D eigenvalue weighted by molar-refractivity contribution is 7.13. The summed E-state index contributed by atoms with van der Waals surface area (Å²) in [5, 5.41) is 4.73. The number of anilines is 1. The number of hydrogen-bond acceptors (Lipinski definition) is 5. The number of ether oxygens (including phenoxy) is 1. The summed E-state index contributed by atoms with van der Waals surface area (Å²) >= 11 is 1.30. The van der Waals surface area contributed by atoms with Gasteiger partial charge >= 0.3 is 5.97 Å². The number of carbonyl (C=O) groups excluding carboxylic acids is 2. The summed E-state index contributed by atoms with van der Waals surface area (Å²) in [5.41, 5.74) is 0. The van der Waals surface area contributed by atoms with Gasteiger partial charge in [0.1, 0.15) is 0 Å². The third-order valence-electron chi connectivity index (χ3n) is 1.32. The summed E-state index contributed by atoms with van der Waals surface area (Å²) in [4.78, 5) is 25.9. The van der Waals surface area contributed by atoms with Crippen LogP contribution in [0.1, 0.15) is 6.92 Å². The zero-order valence-corrected chi connectivity index (χ0v) is 8.91. The SMILES string of the molecule is CCOC(=O)/C=C\C(=O)Nc1nccs1. The lowest BCUT2D eigenvalue weighted by atomic mass is 10.5. The third-order valence-corrected chi connectivity index (χ3v) is 2.01. The van der Waals surface area contributed by atoms with Gasteiger partial charge in [0.15, 0.2) is 5.13 Å². The molecule has 0 fully saturated rings. The molecular weight excluding hydrogens is 216 g/mol. The van der Waals surface area contributed by atoms with Crippen LogP contribution in [0.4, 0.5) is 5.13 Å². The number of hydrogen-bond donors (Lipinski definition) is 1. The fourth-order valence-electron chi connectivity index (χ4n) is 0.766. The second-order valence-corrected chi connectivity index (χ2v) is 3.31. The number of esters is 1. The number of thiazole rings is 1. The predicted octanol–water partition coefficient (Wildman–Crippen LogP) is 1.20. The Morgan fingerprint density at radius 3 is 3.00 bits per heavy atom. The molecule has 1 amide bonds. The van der Waals surface area contributed by atoms with Gasteiger partial charge in [-0.15, -0.1) is 11.3 Å². The van der Waals surface area contributed by atoms with Crippen LogP contribution >= 0.6 is 11.3 Å². The maximum Gasteiger partial charge on any atom is 0.330 e. The number of aromatic nitrogens is 1. The quantitative estimate of drug-likeness (QED) is 0.618. The number of carbonyl (C=O) groups is 2. The van der Waals surface area contributed by atoms with Crippen molar-refractivity contribution in [3.8, 4) is 0 Å². The van der Waals surface area contributed by atoms with E-state index < -0.39 is 11.9 Å². The van der Waals surface area contributed by atoms with Crippen LogP contribution in [0.2, 0.25) is 0 Å². The molecule has 6 heteroatoms. The third kappa shape index (κ3) is 4.37. The zero-order chi connectivity index (χ0) is 11.1. The molecule has 0 spiro atoms. The topological polar surface area (TPSA) is 68.3 Å². The van der Waals surface area contributed by atoms with Crippen molar-refractivity contribution in [3.05, 3.63) is 23.7 Å². The van der Waals surface area contributed by atoms with Crippen molar-refractivity contribution in [1.82, 2.24) is 4.98 Å². The van der Waals surface area contributed by atoms with Gasteiger partial charge in [-0.3, -0.25) is 10.1 Å². The molecule has 0 saturated heterocycles. The van der Waals surface area contributed by atoms with Gasteiger partial charge in [-0.25, -0.2) is 9.78 Å². The second kappa shape index (κ2) is 5.92. The van der Waals surface area contributed by atoms with E-state index in [1.54, 1.807) is 18.5 Å². The molecule has 80 valence electrons. The van der Waals surface area contributed by atoms with Crippen LogP contribution in [-0.4, -0.2) is 23.5 Å². The first-order valence-corrected chi connectivity index (χ1v) is 5.15. The number of nitrogens with one attached hydrogen (secondary N) is 1. The lowest BCUT2D eigenvalue weighted by Gasteiger charge is -1.96. The van der Waals surface area contributed by atoms with E-state index in [0.717, 1.165) is 12.2 Å². The Kier molecular flexibility index (Phi) is 4.49. The molecule has 0 aliphatic heterocycles. The molecule has 5 nitrogen and oxygen atoms in total. The predicted molar refractivity (Wildman–Crippen MR) is 56.5 cm³/mol. The molecule has 0 atom stereocenters. The Hall–Kier alpha value is -1.69. The first-order chi connectivity index (χ1) is 7.22. The molecule has 15 heavy (non-hydrogen) atoms. The molecule has 0 aliphatic rings. The van der Waals surface area contributed by atoms with Gasteiger partial charge in [0, 0.05) is 23.7 Å². The van der Waals surface area contributed by atoms with E-state index in [1.807, 2.05) is 0 Å². The maximum atomic E-state index is 11.2. The van der Waals surface area contributed by atoms with E-state index >= 15 is 0 Å². The summed E-state index contributed by atoms with van der Waals surface area (Å²) in [6.45, 7) is 1.98. The van der Waals surface area contributed by atoms with E-state index in [4.69, 9.17) is 0 Å². The Bertz CT molecular complexity index is 359. The molecule has 0 aliphatic carbocycles. The monoisotopic (exact) mass is 226 g/mol. The lowest BCUT2D eigenvalue weighted by Crippen LogP contribution is -2.09. The van der Waals surface area contributed by atoms with Gasteiger partial charge in [0.2, 0.25) is 5.91 Å². The molecule has 1 heterocycles. The molecule has 1 N–H and O–H groups in total. The Morgan fingerprint density at radius 2 is 2.40 bits per heavy atom. The second-order valence-electron chi connectivity index (χ2n) is 2.41. The fraction of sp³-hybridized carbons (Fsp3) is 0.222. The van der Waals surface area contributed by atoms with Gasteiger partial charge in [0.05, 0.1) is 6.61 Å². The summed E-state index contributed by atoms with van der Waals surface area (Å²) < 4.78 is 4.61. The lowest BCUT2D eigenvalue weighted by molar-refractivity contribution is -0.137. The molecule has 1 aromatic rings. The minimum absolute atomic E-state index is 0.289. The Morgan fingerprint density at radius 1 is 1.60 bits per heavy atom. The van der Waals surface area contributed by atoms with Crippen LogP contribution < -0.4 is 5.32 Å². The standard InChI is InChI=1S/C9H10N2O3S/c1-2-14-8(13)4-3-7(12)11-9-10-5-6-15-9/h3-6H,2H2,1H3,(H,10,11,12)/b4-3-. The number of rotatable bonds is 4. The van der Waals surface area contributed by atoms with Crippen molar-refractivity contribution in [2.24, 2.45) is 0 Å². The molecule has 0 radical (unpaired) electrons. The molecule has 0 unspecified atom stereocenters. The maximum absolute atomic E-state index is 11.2. The Balaban J connectivity index is 2.39. The van der Waals surface area contributed by atoms with Crippen molar-refractivity contribution < 1.29 is 14.3 Å². The minimum atomic E-state index is -0.535. The average molecular weight is 226 g/mol. The highest BCUT2D eigenvalue weighted by Crippen LogP contribution is 2.09. The van der Waals surface area contributed by atoms with Crippen molar-refractivity contribution in [2.75, 3.05) is 11.9 Å². The van der Waals surface area contributed by atoms with Crippen LogP contribution in [0, 0.1) is 0 Å². The average Bonchev–Trinajstić information content (AvgIpc) is 2.68. The van der Waals surface area contributed by atoms with Gasteiger partial charge in [-0.2, -0.15) is 0 Å². The van der Waals surface area contributed by atoms with Gasteiger partial charge in [-0.05, 0) is 6.92 Å². The molecular formula is C9H10N2O3S. The van der Waals surface area contributed by atoms with Crippen LogP contribution in [0.5, 0.6) is 0 Å². The van der Waals surface area contributed by atoms with Crippen molar-refractivity contribution in [2.45, 2.75) is 6.92 Å². The smallest absolute Gasteiger partial charge is 0.330 e. The normalized spacial score (nSPS) is 10.2. The highest BCUT2D eigenvalue weighted by atomic mass is 32.1. The summed E-state index contributed by atoms with van der Waals surface area (Å²) in [7, 11) is 0. The van der Waals surface area contributed by atoms with Crippen LogP contribution in [0.3, 0.4) is 0 Å². The van der Waals surface area contributed by atoms with Gasteiger partial charge in [-0.1, -0.05) is 0 Å². The summed E-state index contributed by atoms with van der Waals surface area (Å²) in [5.74, 6) is -0.940. The highest BCUT2D eigenvalue weighted by Gasteiger charge is 2.00. The first-order valence-electron chi connectivity index (χ1n) is 4.27. The van der Waals surface area contributed by atoms with E-state index in [2.05, 4.69) is 15.0 Å². The van der Waals surface area contributed by atoms with Crippen LogP contribution in [-0.2, 0) is 14.3 Å². The van der Waals surface area contributed by atoms with E-state index in [1.165, 1.54) is 11.3 Å². The molecule has 0 saturated carbocycles. The van der Waals surface area contributed by atoms with Crippen molar-refractivity contribution in [1.29, 1.82) is 0 Å². The van der Waals surface area contributed by atoms with Gasteiger partial charge in [0.25, 0.3) is 0 Å². The van der Waals surface area contributed by atoms with Crippen molar-refractivity contribution in [3.63, 3.8) is 0 Å². The van der Waals surface area contributed by atoms with E-state index in [-0.39, 0.29) is 6.61 Å². The molecule has 0 aromatic carbocycles. The largest absolute Gasteiger partial charge is 0.463 e. The molecule has 1 rings (SSSR count). The van der Waals surface area contributed by atoms with E-state index in [9.17, 15) is 9.59 Å². The first kappa shape index (κ1) is 11.4. The molecule has 0 bridgehead atoms. The summed E-state index contributed by atoms with van der Waals surface area (Å²) in [6, 6.07) is 0.